The molecule has 0 fully saturated rings. The molecule has 0 aliphatic heterocycles. The summed E-state index contributed by atoms with van der Waals surface area (Å²) in [5.74, 6) is -0.633. The van der Waals surface area contributed by atoms with Crippen molar-refractivity contribution in [3.05, 3.63) is 34.5 Å². The van der Waals surface area contributed by atoms with Crippen LogP contribution in [0.1, 0.15) is 0 Å². The summed E-state index contributed by atoms with van der Waals surface area (Å²) in [5.41, 5.74) is 10.8. The van der Waals surface area contributed by atoms with Gasteiger partial charge < -0.3 is 21.6 Å². The molecule has 0 unspecified atom stereocenters. The monoisotopic (exact) mass is 220 g/mol. The first-order valence-electron chi connectivity index (χ1n) is 4.30. The molecule has 0 aliphatic rings. The van der Waals surface area contributed by atoms with Crippen LogP contribution in [0.4, 0.5) is 11.6 Å². The highest BCUT2D eigenvalue weighted by Gasteiger charge is 2.21. The van der Waals surface area contributed by atoms with Crippen molar-refractivity contribution in [3.63, 3.8) is 0 Å². The van der Waals surface area contributed by atoms with Crippen LogP contribution < -0.4 is 11.5 Å². The highest BCUT2D eigenvalue weighted by atomic mass is 16.6. The highest BCUT2D eigenvalue weighted by molar-refractivity contribution is 5.80. The molecule has 16 heavy (non-hydrogen) atoms. The van der Waals surface area contributed by atoms with Gasteiger partial charge in [-0.05, 0) is 11.0 Å². The summed E-state index contributed by atoms with van der Waals surface area (Å²) >= 11 is 0. The number of aliphatic imine (C=N–C) groups is 1. The average molecular weight is 220 g/mol. The van der Waals surface area contributed by atoms with Crippen molar-refractivity contribution in [1.82, 2.24) is 9.38 Å². The van der Waals surface area contributed by atoms with Crippen LogP contribution >= 0.6 is 0 Å². The van der Waals surface area contributed by atoms with Crippen LogP contribution in [0.5, 0.6) is 0 Å². The molecule has 0 amide bonds. The lowest BCUT2D eigenvalue weighted by Gasteiger charge is -1.93. The van der Waals surface area contributed by atoms with Crippen molar-refractivity contribution >= 4 is 23.2 Å². The minimum atomic E-state index is -0.582. The molecule has 2 aromatic heterocycles. The number of imidazole rings is 1. The smallest absolute Gasteiger partial charge is 0.370 e. The van der Waals surface area contributed by atoms with Gasteiger partial charge in [0.1, 0.15) is 0 Å². The molecule has 8 nitrogen and oxygen atoms in total. The van der Waals surface area contributed by atoms with Gasteiger partial charge in [-0.2, -0.15) is 14.4 Å². The number of aromatic nitrogens is 2. The number of nitro groups is 1. The Balaban J connectivity index is 2.78. The van der Waals surface area contributed by atoms with Gasteiger partial charge in [-0.15, -0.1) is 0 Å². The number of hydrogen-bond acceptors (Lipinski definition) is 4. The third-order valence-electron chi connectivity index (χ3n) is 1.89. The maximum absolute atomic E-state index is 10.9. The lowest BCUT2D eigenvalue weighted by Crippen LogP contribution is -2.22. The average Bonchev–Trinajstić information content (AvgIpc) is 2.53. The zero-order valence-electron chi connectivity index (χ0n) is 8.07. The van der Waals surface area contributed by atoms with Crippen LogP contribution in [-0.2, 0) is 0 Å². The Morgan fingerprint density at radius 1 is 1.50 bits per heavy atom. The molecule has 4 N–H and O–H groups in total. The quantitative estimate of drug-likeness (QED) is 0.322. The molecule has 2 heterocycles. The van der Waals surface area contributed by atoms with Gasteiger partial charge in [0.25, 0.3) is 5.82 Å². The van der Waals surface area contributed by atoms with E-state index in [1.54, 1.807) is 18.2 Å². The lowest BCUT2D eigenvalue weighted by molar-refractivity contribution is -0.389. The topological polar surface area (TPSA) is 125 Å². The fourth-order valence-corrected chi connectivity index (χ4v) is 1.34. The van der Waals surface area contributed by atoms with Crippen LogP contribution in [0.25, 0.3) is 5.65 Å². The van der Waals surface area contributed by atoms with E-state index in [0.29, 0.717) is 5.65 Å². The molecule has 0 bridgehead atoms. The van der Waals surface area contributed by atoms with E-state index >= 15 is 0 Å². The maximum atomic E-state index is 10.9. The molecule has 0 aromatic carbocycles. The standard InChI is InChI=1S/C8H8N6O2/c9-8(10)12-6-7(14(15)16)13-4-2-1-3-5(13)11-6/h1-4H,(H4,9,10,12). The second kappa shape index (κ2) is 3.50. The Labute approximate surface area is 89.4 Å². The van der Waals surface area contributed by atoms with E-state index in [1.165, 1.54) is 10.6 Å². The minimum Gasteiger partial charge on any atom is -0.370 e. The summed E-state index contributed by atoms with van der Waals surface area (Å²) in [4.78, 5) is 17.9. The Hall–Kier alpha value is -2.64. The van der Waals surface area contributed by atoms with Crippen LogP contribution in [0.3, 0.4) is 0 Å². The number of pyridine rings is 1. The van der Waals surface area contributed by atoms with Gasteiger partial charge in [0.15, 0.2) is 5.96 Å². The summed E-state index contributed by atoms with van der Waals surface area (Å²) < 4.78 is 1.31. The minimum absolute atomic E-state index is 0.101. The number of nitrogens with two attached hydrogens (primary N) is 2. The molecular formula is C8H8N6O2. The van der Waals surface area contributed by atoms with Crippen molar-refractivity contribution in [2.24, 2.45) is 16.5 Å². The van der Waals surface area contributed by atoms with E-state index < -0.39 is 4.92 Å². The summed E-state index contributed by atoms with van der Waals surface area (Å²) in [5, 5.41) is 10.9. The number of rotatable bonds is 2. The molecule has 8 heteroatoms. The van der Waals surface area contributed by atoms with E-state index in [9.17, 15) is 10.1 Å². The third kappa shape index (κ3) is 1.52. The first-order valence-corrected chi connectivity index (χ1v) is 4.30. The SMILES string of the molecule is NC(N)=Nc1nc2ccccn2c1[N+](=O)[O-]. The van der Waals surface area contributed by atoms with Crippen LogP contribution in [-0.4, -0.2) is 20.3 Å². The summed E-state index contributed by atoms with van der Waals surface area (Å²) in [7, 11) is 0. The Morgan fingerprint density at radius 2 is 2.25 bits per heavy atom. The molecule has 2 rings (SSSR count). The van der Waals surface area contributed by atoms with Crippen molar-refractivity contribution in [2.75, 3.05) is 0 Å². The van der Waals surface area contributed by atoms with Gasteiger partial charge in [-0.3, -0.25) is 0 Å². The zero-order chi connectivity index (χ0) is 11.7. The molecule has 82 valence electrons. The predicted octanol–water partition coefficient (Wildman–Crippen LogP) is 0.147. The molecule has 0 radical (unpaired) electrons. The van der Waals surface area contributed by atoms with Gasteiger partial charge in [-0.1, -0.05) is 6.07 Å². The molecule has 0 atom stereocenters. The van der Waals surface area contributed by atoms with Crippen molar-refractivity contribution in [2.45, 2.75) is 0 Å². The second-order valence-corrected chi connectivity index (χ2v) is 2.98. The Kier molecular flexibility index (Phi) is 2.16. The van der Waals surface area contributed by atoms with Crippen molar-refractivity contribution in [3.8, 4) is 0 Å². The molecule has 0 saturated heterocycles. The second-order valence-electron chi connectivity index (χ2n) is 2.98. The normalized spacial score (nSPS) is 10.2. The molecule has 0 saturated carbocycles. The number of fused-ring (bicyclic) bond motifs is 1. The number of hydrogen-bond donors (Lipinski definition) is 2. The predicted molar refractivity (Wildman–Crippen MR) is 57.3 cm³/mol. The van der Waals surface area contributed by atoms with E-state index in [1.807, 2.05) is 0 Å². The third-order valence-corrected chi connectivity index (χ3v) is 1.89. The van der Waals surface area contributed by atoms with Crippen LogP contribution in [0.15, 0.2) is 29.4 Å². The first kappa shape index (κ1) is 9.90. The Morgan fingerprint density at radius 3 is 2.88 bits per heavy atom. The van der Waals surface area contributed by atoms with Gasteiger partial charge in [-0.25, -0.2) is 0 Å². The summed E-state index contributed by atoms with van der Waals surface area (Å²) in [6.07, 6.45) is 1.52. The molecule has 2 aromatic rings. The van der Waals surface area contributed by atoms with E-state index in [4.69, 9.17) is 11.5 Å². The molecular weight excluding hydrogens is 212 g/mol. The largest absolute Gasteiger partial charge is 0.374 e. The van der Waals surface area contributed by atoms with Gasteiger partial charge in [0.05, 0.1) is 6.20 Å². The number of nitrogens with zero attached hydrogens (tertiary/aromatic N) is 4. The van der Waals surface area contributed by atoms with E-state index in [0.717, 1.165) is 0 Å². The fourth-order valence-electron chi connectivity index (χ4n) is 1.34. The molecule has 0 spiro atoms. The van der Waals surface area contributed by atoms with Crippen LogP contribution in [0.2, 0.25) is 0 Å². The first-order chi connectivity index (χ1) is 7.59. The van der Waals surface area contributed by atoms with Gasteiger partial charge >= 0.3 is 5.82 Å². The summed E-state index contributed by atoms with van der Waals surface area (Å²) in [6, 6.07) is 4.99. The van der Waals surface area contributed by atoms with Gasteiger partial charge in [0.2, 0.25) is 5.65 Å². The molecule has 0 aliphatic carbocycles. The van der Waals surface area contributed by atoms with Gasteiger partial charge in [0, 0.05) is 6.07 Å². The summed E-state index contributed by atoms with van der Waals surface area (Å²) in [6.45, 7) is 0. The fraction of sp³-hybridized carbons (Fsp3) is 0. The van der Waals surface area contributed by atoms with Crippen molar-refractivity contribution in [1.29, 1.82) is 0 Å². The highest BCUT2D eigenvalue weighted by Crippen LogP contribution is 2.27. The van der Waals surface area contributed by atoms with E-state index in [-0.39, 0.29) is 17.6 Å². The van der Waals surface area contributed by atoms with Crippen LogP contribution in [0, 0.1) is 10.1 Å². The maximum Gasteiger partial charge on any atom is 0.374 e. The van der Waals surface area contributed by atoms with Crippen molar-refractivity contribution < 1.29 is 4.92 Å². The lowest BCUT2D eigenvalue weighted by atomic mass is 10.5. The zero-order valence-corrected chi connectivity index (χ0v) is 8.07. The number of guanidine groups is 1. The van der Waals surface area contributed by atoms with E-state index in [2.05, 4.69) is 9.98 Å². The Bertz CT molecular complexity index is 583.